The molecule has 0 unspecified atom stereocenters. The van der Waals surface area contributed by atoms with Crippen molar-refractivity contribution in [2.45, 2.75) is 32.6 Å². The van der Waals surface area contributed by atoms with E-state index in [-0.39, 0.29) is 5.91 Å². The van der Waals surface area contributed by atoms with E-state index in [4.69, 9.17) is 14.7 Å². The van der Waals surface area contributed by atoms with Gasteiger partial charge in [-0.25, -0.2) is 4.79 Å². The molecule has 130 valence electrons. The molecule has 25 heavy (non-hydrogen) atoms. The zero-order valence-electron chi connectivity index (χ0n) is 13.9. The van der Waals surface area contributed by atoms with Crippen LogP contribution in [0.2, 0.25) is 0 Å². The van der Waals surface area contributed by atoms with Crippen LogP contribution in [0.5, 0.6) is 5.75 Å². The Kier molecular flexibility index (Phi) is 6.54. The van der Waals surface area contributed by atoms with Crippen LogP contribution < -0.4 is 10.1 Å². The average molecular weight is 358 g/mol. The molecule has 0 fully saturated rings. The van der Waals surface area contributed by atoms with Gasteiger partial charge in [0.15, 0.2) is 12.2 Å². The van der Waals surface area contributed by atoms with Gasteiger partial charge in [-0.05, 0) is 49.6 Å². The Labute approximate surface area is 150 Å². The highest BCUT2D eigenvalue weighted by molar-refractivity contribution is 7.09. The van der Waals surface area contributed by atoms with Crippen molar-refractivity contribution in [2.24, 2.45) is 0 Å². The molecule has 0 spiro atoms. The van der Waals surface area contributed by atoms with E-state index in [2.05, 4.69) is 5.32 Å². The number of ether oxygens (including phenoxy) is 2. The third kappa shape index (κ3) is 5.62. The summed E-state index contributed by atoms with van der Waals surface area (Å²) in [7, 11) is 0. The summed E-state index contributed by atoms with van der Waals surface area (Å²) in [6.07, 6.45) is -1.79. The molecule has 0 saturated heterocycles. The molecule has 6 nitrogen and oxygen atoms in total. The number of hydrogen-bond donors (Lipinski definition) is 1. The van der Waals surface area contributed by atoms with Gasteiger partial charge in [-0.3, -0.25) is 4.79 Å². The number of carbonyl (C=O) groups excluding carboxylic acids is 2. The molecule has 0 aliphatic rings. The SMILES string of the molecule is C[C@H](OC(=O)[C@@H](C)Oc1ccc(C#N)cc1)C(=O)NCc1cccs1. The summed E-state index contributed by atoms with van der Waals surface area (Å²) in [5, 5.41) is 13.4. The predicted molar refractivity (Wildman–Crippen MR) is 93.0 cm³/mol. The fourth-order valence-electron chi connectivity index (χ4n) is 1.91. The van der Waals surface area contributed by atoms with Crippen LogP contribution >= 0.6 is 11.3 Å². The number of nitrogens with one attached hydrogen (secondary N) is 1. The lowest BCUT2D eigenvalue weighted by molar-refractivity contribution is -0.160. The monoisotopic (exact) mass is 358 g/mol. The van der Waals surface area contributed by atoms with Crippen LogP contribution in [-0.4, -0.2) is 24.1 Å². The number of thiophene rings is 1. The molecule has 0 aliphatic carbocycles. The van der Waals surface area contributed by atoms with Crippen molar-refractivity contribution in [3.8, 4) is 11.8 Å². The van der Waals surface area contributed by atoms with Gasteiger partial charge < -0.3 is 14.8 Å². The van der Waals surface area contributed by atoms with Crippen molar-refractivity contribution in [1.82, 2.24) is 5.32 Å². The number of benzene rings is 1. The maximum absolute atomic E-state index is 12.0. The van der Waals surface area contributed by atoms with Crippen LogP contribution in [0.1, 0.15) is 24.3 Å². The van der Waals surface area contributed by atoms with Gasteiger partial charge in [0.25, 0.3) is 5.91 Å². The molecule has 0 bridgehead atoms. The average Bonchev–Trinajstić information content (AvgIpc) is 3.13. The Balaban J connectivity index is 1.80. The van der Waals surface area contributed by atoms with Crippen LogP contribution in [0.15, 0.2) is 41.8 Å². The number of hydrogen-bond acceptors (Lipinski definition) is 6. The maximum Gasteiger partial charge on any atom is 0.347 e. The van der Waals surface area contributed by atoms with Gasteiger partial charge in [-0.15, -0.1) is 11.3 Å². The summed E-state index contributed by atoms with van der Waals surface area (Å²) in [5.74, 6) is -0.561. The van der Waals surface area contributed by atoms with Crippen molar-refractivity contribution in [1.29, 1.82) is 5.26 Å². The minimum absolute atomic E-state index is 0.368. The molecule has 1 aromatic carbocycles. The Morgan fingerprint density at radius 3 is 2.52 bits per heavy atom. The minimum Gasteiger partial charge on any atom is -0.479 e. The molecular weight excluding hydrogens is 340 g/mol. The Bertz CT molecular complexity index is 750. The third-order valence-corrected chi connectivity index (χ3v) is 4.18. The summed E-state index contributed by atoms with van der Waals surface area (Å²) < 4.78 is 10.6. The summed E-state index contributed by atoms with van der Waals surface area (Å²) in [4.78, 5) is 25.0. The van der Waals surface area contributed by atoms with Crippen LogP contribution in [0, 0.1) is 11.3 Å². The molecular formula is C18H18N2O4S. The summed E-state index contributed by atoms with van der Waals surface area (Å²) in [5.41, 5.74) is 0.499. The van der Waals surface area contributed by atoms with Crippen LogP contribution in [0.25, 0.3) is 0 Å². The molecule has 0 saturated carbocycles. The summed E-state index contributed by atoms with van der Waals surface area (Å²) in [6.45, 7) is 3.45. The number of carbonyl (C=O) groups is 2. The molecule has 1 aromatic heterocycles. The minimum atomic E-state index is -0.917. The number of amides is 1. The first-order chi connectivity index (χ1) is 12.0. The smallest absolute Gasteiger partial charge is 0.347 e. The van der Waals surface area contributed by atoms with Crippen LogP contribution in [-0.2, 0) is 20.9 Å². The molecule has 2 aromatic rings. The second-order valence-corrected chi connectivity index (χ2v) is 6.30. The van der Waals surface area contributed by atoms with Gasteiger partial charge in [0, 0.05) is 4.88 Å². The Hall–Kier alpha value is -2.85. The largest absolute Gasteiger partial charge is 0.479 e. The normalized spacial score (nSPS) is 12.5. The van der Waals surface area contributed by atoms with Gasteiger partial charge in [0.2, 0.25) is 0 Å². The summed E-state index contributed by atoms with van der Waals surface area (Å²) >= 11 is 1.54. The maximum atomic E-state index is 12.0. The number of nitriles is 1. The van der Waals surface area contributed by atoms with E-state index >= 15 is 0 Å². The summed E-state index contributed by atoms with van der Waals surface area (Å²) in [6, 6.07) is 12.2. The topological polar surface area (TPSA) is 88.4 Å². The fourth-order valence-corrected chi connectivity index (χ4v) is 2.56. The second-order valence-electron chi connectivity index (χ2n) is 5.27. The van der Waals surface area contributed by atoms with E-state index in [1.54, 1.807) is 24.3 Å². The van der Waals surface area contributed by atoms with Crippen molar-refractivity contribution >= 4 is 23.2 Å². The standard InChI is InChI=1S/C18H18N2O4S/c1-12(17(21)20-11-16-4-3-9-25-16)24-18(22)13(2)23-15-7-5-14(10-19)6-8-15/h3-9,12-13H,11H2,1-2H3,(H,20,21)/t12-,13+/m0/s1. The fraction of sp³-hybridized carbons (Fsp3) is 0.278. The molecule has 2 atom stereocenters. The van der Waals surface area contributed by atoms with E-state index in [0.29, 0.717) is 17.9 Å². The Morgan fingerprint density at radius 1 is 1.20 bits per heavy atom. The quantitative estimate of drug-likeness (QED) is 0.769. The molecule has 2 rings (SSSR count). The lowest BCUT2D eigenvalue weighted by Crippen LogP contribution is -2.38. The first-order valence-corrected chi connectivity index (χ1v) is 8.55. The zero-order valence-corrected chi connectivity index (χ0v) is 14.7. The highest BCUT2D eigenvalue weighted by Gasteiger charge is 2.23. The molecule has 0 aliphatic heterocycles. The number of nitrogens with zero attached hydrogens (tertiary/aromatic N) is 1. The molecule has 1 heterocycles. The highest BCUT2D eigenvalue weighted by Crippen LogP contribution is 2.14. The van der Waals surface area contributed by atoms with Crippen LogP contribution in [0.4, 0.5) is 0 Å². The molecule has 1 amide bonds. The molecule has 7 heteroatoms. The van der Waals surface area contributed by atoms with E-state index < -0.39 is 18.2 Å². The lowest BCUT2D eigenvalue weighted by atomic mass is 10.2. The van der Waals surface area contributed by atoms with E-state index in [1.807, 2.05) is 23.6 Å². The first-order valence-electron chi connectivity index (χ1n) is 7.67. The van der Waals surface area contributed by atoms with Gasteiger partial charge in [-0.2, -0.15) is 5.26 Å². The van der Waals surface area contributed by atoms with Crippen molar-refractivity contribution < 1.29 is 19.1 Å². The highest BCUT2D eigenvalue weighted by atomic mass is 32.1. The second kappa shape index (κ2) is 8.85. The van der Waals surface area contributed by atoms with Gasteiger partial charge >= 0.3 is 5.97 Å². The third-order valence-electron chi connectivity index (χ3n) is 3.31. The van der Waals surface area contributed by atoms with Crippen molar-refractivity contribution in [3.05, 3.63) is 52.2 Å². The van der Waals surface area contributed by atoms with E-state index in [1.165, 1.54) is 25.2 Å². The van der Waals surface area contributed by atoms with Gasteiger partial charge in [0.05, 0.1) is 18.2 Å². The first kappa shape index (κ1) is 18.5. The van der Waals surface area contributed by atoms with Gasteiger partial charge in [-0.1, -0.05) is 6.07 Å². The van der Waals surface area contributed by atoms with Crippen molar-refractivity contribution in [3.63, 3.8) is 0 Å². The number of rotatable bonds is 7. The van der Waals surface area contributed by atoms with Gasteiger partial charge in [0.1, 0.15) is 5.75 Å². The molecule has 0 radical (unpaired) electrons. The van der Waals surface area contributed by atoms with Crippen molar-refractivity contribution in [2.75, 3.05) is 0 Å². The lowest BCUT2D eigenvalue weighted by Gasteiger charge is -2.17. The van der Waals surface area contributed by atoms with E-state index in [9.17, 15) is 9.59 Å². The number of esters is 1. The molecule has 1 N–H and O–H groups in total. The Morgan fingerprint density at radius 2 is 1.92 bits per heavy atom. The predicted octanol–water partition coefficient (Wildman–Crippen LogP) is 2.64. The van der Waals surface area contributed by atoms with E-state index in [0.717, 1.165) is 4.88 Å². The zero-order chi connectivity index (χ0) is 18.2. The van der Waals surface area contributed by atoms with Crippen LogP contribution in [0.3, 0.4) is 0 Å².